The van der Waals surface area contributed by atoms with E-state index in [1.54, 1.807) is 18.2 Å². The number of hydrogen-bond acceptors (Lipinski definition) is 4. The Bertz CT molecular complexity index is 928. The van der Waals surface area contributed by atoms with E-state index in [4.69, 9.17) is 16.3 Å². The molecule has 2 amide bonds. The van der Waals surface area contributed by atoms with E-state index in [0.717, 1.165) is 22.9 Å². The lowest BCUT2D eigenvalue weighted by molar-refractivity contribution is -0.123. The topological polar surface area (TPSA) is 46.6 Å². The normalized spacial score (nSPS) is 15.8. The zero-order valence-electron chi connectivity index (χ0n) is 15.4. The molecule has 0 radical (unpaired) electrons. The third-order valence-electron chi connectivity index (χ3n) is 3.98. The lowest BCUT2D eigenvalue weighted by atomic mass is 10.2. The van der Waals surface area contributed by atoms with Crippen molar-refractivity contribution in [1.82, 2.24) is 4.90 Å². The van der Waals surface area contributed by atoms with Crippen molar-refractivity contribution < 1.29 is 14.3 Å². The summed E-state index contributed by atoms with van der Waals surface area (Å²) in [4.78, 5) is 26.2. The van der Waals surface area contributed by atoms with Gasteiger partial charge in [-0.2, -0.15) is 0 Å². The van der Waals surface area contributed by atoms with Crippen LogP contribution in [-0.4, -0.2) is 22.6 Å². The molecule has 4 nitrogen and oxygen atoms in total. The maximum Gasteiger partial charge on any atom is 0.293 e. The number of thioether (sulfide) groups is 1. The summed E-state index contributed by atoms with van der Waals surface area (Å²) >= 11 is 9.56. The van der Waals surface area contributed by atoms with E-state index in [1.165, 1.54) is 8.47 Å². The maximum absolute atomic E-state index is 12.4. The Morgan fingerprint density at radius 1 is 1.18 bits per heavy atom. The third-order valence-corrected chi connectivity index (χ3v) is 5.90. The van der Waals surface area contributed by atoms with E-state index in [1.807, 2.05) is 44.2 Å². The van der Waals surface area contributed by atoms with E-state index in [-0.39, 0.29) is 17.1 Å². The molecule has 7 heteroatoms. The monoisotopic (exact) mass is 527 g/mol. The molecule has 0 aliphatic carbocycles. The van der Waals surface area contributed by atoms with Crippen LogP contribution < -0.4 is 4.74 Å². The minimum Gasteiger partial charge on any atom is -0.487 e. The van der Waals surface area contributed by atoms with Crippen LogP contribution in [0.25, 0.3) is 6.08 Å². The van der Waals surface area contributed by atoms with E-state index in [2.05, 4.69) is 22.6 Å². The second-order valence-corrected chi connectivity index (χ2v) is 9.44. The van der Waals surface area contributed by atoms with E-state index >= 15 is 0 Å². The fraction of sp³-hybridized carbons (Fsp3) is 0.238. The highest BCUT2D eigenvalue weighted by molar-refractivity contribution is 14.1. The van der Waals surface area contributed by atoms with Crippen molar-refractivity contribution in [3.63, 3.8) is 0 Å². The Morgan fingerprint density at radius 2 is 1.89 bits per heavy atom. The van der Waals surface area contributed by atoms with Gasteiger partial charge in [-0.1, -0.05) is 43.6 Å². The van der Waals surface area contributed by atoms with Crippen molar-refractivity contribution in [2.45, 2.75) is 20.5 Å². The molecule has 1 saturated heterocycles. The molecule has 0 bridgehead atoms. The molecule has 146 valence electrons. The van der Waals surface area contributed by atoms with Crippen molar-refractivity contribution in [1.29, 1.82) is 0 Å². The van der Waals surface area contributed by atoms with Crippen molar-refractivity contribution in [2.24, 2.45) is 5.92 Å². The number of hydrogen-bond donors (Lipinski definition) is 0. The SMILES string of the molecule is CC(C)CN1C(=O)S/C(=C/c2ccc(OCc3ccc(I)cc3)c(Cl)c2)C1=O. The van der Waals surface area contributed by atoms with Crippen LogP contribution in [0, 0.1) is 9.49 Å². The Kier molecular flexibility index (Phi) is 7.06. The number of benzene rings is 2. The molecule has 0 atom stereocenters. The quantitative estimate of drug-likeness (QED) is 0.331. The first-order chi connectivity index (χ1) is 13.3. The first kappa shape index (κ1) is 21.2. The van der Waals surface area contributed by atoms with Crippen molar-refractivity contribution in [2.75, 3.05) is 6.54 Å². The largest absolute Gasteiger partial charge is 0.487 e. The van der Waals surface area contributed by atoms with Gasteiger partial charge in [0.25, 0.3) is 11.1 Å². The number of rotatable bonds is 6. The van der Waals surface area contributed by atoms with Crippen LogP contribution in [0.15, 0.2) is 47.4 Å². The lowest BCUT2D eigenvalue weighted by Crippen LogP contribution is -2.31. The molecular formula is C21H19ClINO3S. The minimum absolute atomic E-state index is 0.228. The molecule has 2 aromatic carbocycles. The summed E-state index contributed by atoms with van der Waals surface area (Å²) in [7, 11) is 0. The zero-order chi connectivity index (χ0) is 20.3. The highest BCUT2D eigenvalue weighted by atomic mass is 127. The average molecular weight is 528 g/mol. The molecule has 2 aromatic rings. The fourth-order valence-corrected chi connectivity index (χ4v) is 4.09. The summed E-state index contributed by atoms with van der Waals surface area (Å²) < 4.78 is 6.97. The number of imide groups is 1. The molecule has 1 heterocycles. The van der Waals surface area contributed by atoms with Crippen LogP contribution >= 0.6 is 46.0 Å². The molecule has 0 N–H and O–H groups in total. The zero-order valence-corrected chi connectivity index (χ0v) is 19.2. The molecule has 1 fully saturated rings. The number of ether oxygens (including phenoxy) is 1. The van der Waals surface area contributed by atoms with Gasteiger partial charge >= 0.3 is 0 Å². The van der Waals surface area contributed by atoms with Crippen LogP contribution in [0.4, 0.5) is 4.79 Å². The van der Waals surface area contributed by atoms with Crippen molar-refractivity contribution >= 4 is 63.2 Å². The first-order valence-electron chi connectivity index (χ1n) is 8.75. The number of nitrogens with zero attached hydrogens (tertiary/aromatic N) is 1. The smallest absolute Gasteiger partial charge is 0.293 e. The summed E-state index contributed by atoms with van der Waals surface area (Å²) in [5.41, 5.74) is 1.81. The van der Waals surface area contributed by atoms with E-state index in [9.17, 15) is 9.59 Å². The summed E-state index contributed by atoms with van der Waals surface area (Å²) in [6, 6.07) is 13.4. The Balaban J connectivity index is 1.70. The number of carbonyl (C=O) groups is 2. The van der Waals surface area contributed by atoms with Gasteiger partial charge in [-0.05, 0) is 81.7 Å². The predicted octanol–water partition coefficient (Wildman–Crippen LogP) is 6.22. The molecule has 0 spiro atoms. The van der Waals surface area contributed by atoms with Crippen molar-refractivity contribution in [3.8, 4) is 5.75 Å². The van der Waals surface area contributed by atoms with E-state index in [0.29, 0.717) is 28.8 Å². The van der Waals surface area contributed by atoms with Gasteiger partial charge in [-0.3, -0.25) is 14.5 Å². The highest BCUT2D eigenvalue weighted by Gasteiger charge is 2.35. The van der Waals surface area contributed by atoms with Gasteiger partial charge in [-0.25, -0.2) is 0 Å². The summed E-state index contributed by atoms with van der Waals surface area (Å²) in [6.07, 6.45) is 1.69. The van der Waals surface area contributed by atoms with Gasteiger partial charge in [-0.15, -0.1) is 0 Å². The van der Waals surface area contributed by atoms with Crippen LogP contribution in [0.3, 0.4) is 0 Å². The summed E-state index contributed by atoms with van der Waals surface area (Å²) in [6.45, 7) is 4.79. The molecular weight excluding hydrogens is 509 g/mol. The molecule has 0 unspecified atom stereocenters. The first-order valence-corrected chi connectivity index (χ1v) is 11.0. The van der Waals surface area contributed by atoms with Gasteiger partial charge < -0.3 is 4.74 Å². The number of halogens is 2. The third kappa shape index (κ3) is 5.30. The van der Waals surface area contributed by atoms with Crippen LogP contribution in [-0.2, 0) is 11.4 Å². The number of carbonyl (C=O) groups excluding carboxylic acids is 2. The van der Waals surface area contributed by atoms with Crippen LogP contribution in [0.5, 0.6) is 5.75 Å². The highest BCUT2D eigenvalue weighted by Crippen LogP contribution is 2.34. The van der Waals surface area contributed by atoms with Gasteiger partial charge in [0.15, 0.2) is 0 Å². The second kappa shape index (κ2) is 9.33. The Hall–Kier alpha value is -1.51. The van der Waals surface area contributed by atoms with Gasteiger partial charge in [0.2, 0.25) is 0 Å². The average Bonchev–Trinajstić information content (AvgIpc) is 2.89. The van der Waals surface area contributed by atoms with E-state index < -0.39 is 0 Å². The molecule has 1 aliphatic rings. The molecule has 0 saturated carbocycles. The standard InChI is InChI=1S/C21H19ClINO3S/c1-13(2)11-24-20(25)19(28-21(24)26)10-15-5-8-18(17(22)9-15)27-12-14-3-6-16(23)7-4-14/h3-10,13H,11-12H2,1-2H3/b19-10+. The van der Waals surface area contributed by atoms with Crippen LogP contribution in [0.2, 0.25) is 5.02 Å². The predicted molar refractivity (Wildman–Crippen MR) is 122 cm³/mol. The molecule has 3 rings (SSSR count). The van der Waals surface area contributed by atoms with Crippen LogP contribution in [0.1, 0.15) is 25.0 Å². The molecule has 28 heavy (non-hydrogen) atoms. The second-order valence-electron chi connectivity index (χ2n) is 6.79. The van der Waals surface area contributed by atoms with Gasteiger partial charge in [0, 0.05) is 10.1 Å². The summed E-state index contributed by atoms with van der Waals surface area (Å²) in [5.74, 6) is 0.552. The Morgan fingerprint density at radius 3 is 2.54 bits per heavy atom. The molecule has 1 aliphatic heterocycles. The number of amides is 2. The summed E-state index contributed by atoms with van der Waals surface area (Å²) in [5, 5.41) is 0.231. The molecule has 0 aromatic heterocycles. The maximum atomic E-state index is 12.4. The van der Waals surface area contributed by atoms with Crippen molar-refractivity contribution in [3.05, 3.63) is 67.1 Å². The Labute approximate surface area is 187 Å². The van der Waals surface area contributed by atoms with Gasteiger partial charge in [0.1, 0.15) is 12.4 Å². The minimum atomic E-state index is -0.251. The van der Waals surface area contributed by atoms with Gasteiger partial charge in [0.05, 0.1) is 9.93 Å². The lowest BCUT2D eigenvalue weighted by Gasteiger charge is -2.14. The fourth-order valence-electron chi connectivity index (χ4n) is 2.64.